The van der Waals surface area contributed by atoms with Gasteiger partial charge in [0.1, 0.15) is 17.3 Å². The van der Waals surface area contributed by atoms with Gasteiger partial charge in [-0.2, -0.15) is 0 Å². The second-order valence-corrected chi connectivity index (χ2v) is 6.30. The molecule has 0 atom stereocenters. The maximum Gasteiger partial charge on any atom is 0.355 e. The number of hydrogen-bond acceptors (Lipinski definition) is 5. The van der Waals surface area contributed by atoms with Crippen LogP contribution in [0.2, 0.25) is 0 Å². The lowest BCUT2D eigenvalue weighted by Gasteiger charge is -2.00. The van der Waals surface area contributed by atoms with E-state index in [1.165, 1.54) is 36.1 Å². The number of aryl methyl sites for hydroxylation is 1. The number of nitrogens with zero attached hydrogens (tertiary/aromatic N) is 1. The summed E-state index contributed by atoms with van der Waals surface area (Å²) < 4.78 is 5.24. The Morgan fingerprint density at radius 1 is 1.25 bits per heavy atom. The Hall–Kier alpha value is -2.73. The number of ether oxygens (including phenoxy) is 1. The number of aromatic nitrogens is 2. The number of H-pyrrole nitrogens is 1. The van der Waals surface area contributed by atoms with E-state index < -0.39 is 5.97 Å². The maximum atomic E-state index is 12.0. The number of carbonyl (C=O) groups is 2. The average molecular weight is 340 g/mol. The number of rotatable bonds is 5. The number of aromatic amines is 1. The highest BCUT2D eigenvalue weighted by Crippen LogP contribution is 2.24. The smallest absolute Gasteiger partial charge is 0.355 e. The number of ketones is 1. The minimum absolute atomic E-state index is 0.0929. The third-order valence-corrected chi connectivity index (χ3v) is 4.45. The Bertz CT molecular complexity index is 878. The van der Waals surface area contributed by atoms with Crippen LogP contribution in [0.5, 0.6) is 0 Å². The largest absolute Gasteiger partial charge is 0.454 e. The molecule has 0 spiro atoms. The van der Waals surface area contributed by atoms with Crippen LogP contribution < -0.4 is 0 Å². The van der Waals surface area contributed by atoms with Gasteiger partial charge in [-0.05, 0) is 19.9 Å². The Morgan fingerprint density at radius 2 is 2.00 bits per heavy atom. The van der Waals surface area contributed by atoms with Gasteiger partial charge in [0.25, 0.3) is 0 Å². The summed E-state index contributed by atoms with van der Waals surface area (Å²) in [5.74, 6) is -0.611. The number of Topliss-reactive ketones (excluding diaryl/α,β-unsaturated/α-hetero) is 1. The molecule has 0 fully saturated rings. The second kappa shape index (κ2) is 6.80. The van der Waals surface area contributed by atoms with E-state index in [9.17, 15) is 9.59 Å². The quantitative estimate of drug-likeness (QED) is 0.563. The number of esters is 1. The molecule has 1 aromatic carbocycles. The molecule has 2 heterocycles. The molecule has 0 aliphatic heterocycles. The lowest BCUT2D eigenvalue weighted by atomic mass is 10.2. The second-order valence-electron chi connectivity index (χ2n) is 5.44. The zero-order valence-electron chi connectivity index (χ0n) is 13.3. The van der Waals surface area contributed by atoms with E-state index in [4.69, 9.17) is 4.74 Å². The first-order chi connectivity index (χ1) is 11.5. The van der Waals surface area contributed by atoms with Crippen molar-refractivity contribution in [1.82, 2.24) is 9.97 Å². The van der Waals surface area contributed by atoms with Crippen LogP contribution >= 0.6 is 11.3 Å². The minimum Gasteiger partial charge on any atom is -0.454 e. The number of nitrogens with one attached hydrogen (secondary N) is 1. The highest BCUT2D eigenvalue weighted by atomic mass is 32.1. The normalized spacial score (nSPS) is 10.6. The molecule has 122 valence electrons. The van der Waals surface area contributed by atoms with Crippen molar-refractivity contribution < 1.29 is 14.3 Å². The van der Waals surface area contributed by atoms with Gasteiger partial charge >= 0.3 is 5.97 Å². The van der Waals surface area contributed by atoms with Crippen LogP contribution in [0.15, 0.2) is 41.9 Å². The Labute approximate surface area is 143 Å². The summed E-state index contributed by atoms with van der Waals surface area (Å²) in [6, 6.07) is 9.60. The van der Waals surface area contributed by atoms with Crippen molar-refractivity contribution in [3.8, 4) is 10.6 Å². The van der Waals surface area contributed by atoms with Crippen molar-refractivity contribution in [2.45, 2.75) is 20.5 Å². The van der Waals surface area contributed by atoms with E-state index in [-0.39, 0.29) is 18.1 Å². The van der Waals surface area contributed by atoms with Crippen molar-refractivity contribution in [2.75, 3.05) is 0 Å². The molecule has 6 heteroatoms. The van der Waals surface area contributed by atoms with E-state index in [0.717, 1.165) is 10.6 Å². The molecule has 0 aliphatic carbocycles. The first kappa shape index (κ1) is 16.1. The first-order valence-electron chi connectivity index (χ1n) is 7.41. The summed E-state index contributed by atoms with van der Waals surface area (Å²) in [6.45, 7) is 3.57. The molecule has 0 aliphatic rings. The minimum atomic E-state index is -0.507. The molecular weight excluding hydrogens is 324 g/mol. The third kappa shape index (κ3) is 3.60. The zero-order chi connectivity index (χ0) is 17.1. The fourth-order valence-electron chi connectivity index (χ4n) is 2.13. The molecule has 3 rings (SSSR count). The SMILES string of the molecule is CC(=O)c1c[nH]c(C(=O)OCc2csc(-c3ccc(C)cc3)n2)c1. The predicted molar refractivity (Wildman–Crippen MR) is 92.2 cm³/mol. The molecule has 2 aromatic heterocycles. The average Bonchev–Trinajstić information content (AvgIpc) is 3.23. The summed E-state index contributed by atoms with van der Waals surface area (Å²) in [4.78, 5) is 30.4. The molecule has 0 saturated carbocycles. The van der Waals surface area contributed by atoms with E-state index in [0.29, 0.717) is 11.3 Å². The summed E-state index contributed by atoms with van der Waals surface area (Å²) in [5, 5.41) is 2.76. The molecule has 3 aromatic rings. The zero-order valence-corrected chi connectivity index (χ0v) is 14.1. The van der Waals surface area contributed by atoms with Gasteiger partial charge in [-0.1, -0.05) is 29.8 Å². The van der Waals surface area contributed by atoms with Crippen molar-refractivity contribution in [3.63, 3.8) is 0 Å². The van der Waals surface area contributed by atoms with Crippen LogP contribution in [0.3, 0.4) is 0 Å². The molecule has 1 N–H and O–H groups in total. The van der Waals surface area contributed by atoms with Gasteiger partial charge in [0.2, 0.25) is 0 Å². The number of benzene rings is 1. The molecule has 0 amide bonds. The summed E-state index contributed by atoms with van der Waals surface area (Å²) in [6.07, 6.45) is 1.50. The fourth-order valence-corrected chi connectivity index (χ4v) is 2.95. The number of hydrogen-bond donors (Lipinski definition) is 1. The van der Waals surface area contributed by atoms with E-state index >= 15 is 0 Å². The molecule has 0 saturated heterocycles. The van der Waals surface area contributed by atoms with Gasteiger partial charge in [-0.15, -0.1) is 11.3 Å². The van der Waals surface area contributed by atoms with Crippen LogP contribution in [0, 0.1) is 6.92 Å². The Balaban J connectivity index is 1.63. The highest BCUT2D eigenvalue weighted by Gasteiger charge is 2.13. The molecule has 0 radical (unpaired) electrons. The Morgan fingerprint density at radius 3 is 2.67 bits per heavy atom. The number of thiazole rings is 1. The van der Waals surface area contributed by atoms with Crippen molar-refractivity contribution in [3.05, 3.63) is 64.4 Å². The van der Waals surface area contributed by atoms with Crippen LogP contribution in [-0.2, 0) is 11.3 Å². The molecule has 24 heavy (non-hydrogen) atoms. The van der Waals surface area contributed by atoms with Crippen LogP contribution in [-0.4, -0.2) is 21.7 Å². The monoisotopic (exact) mass is 340 g/mol. The highest BCUT2D eigenvalue weighted by molar-refractivity contribution is 7.13. The lowest BCUT2D eigenvalue weighted by Crippen LogP contribution is -2.05. The maximum absolute atomic E-state index is 12.0. The summed E-state index contributed by atoms with van der Waals surface area (Å²) >= 11 is 1.51. The van der Waals surface area contributed by atoms with Gasteiger partial charge in [0.05, 0.1) is 5.69 Å². The Kier molecular flexibility index (Phi) is 4.57. The first-order valence-corrected chi connectivity index (χ1v) is 8.29. The summed E-state index contributed by atoms with van der Waals surface area (Å²) in [5.41, 5.74) is 3.65. The fraction of sp³-hybridized carbons (Fsp3) is 0.167. The topological polar surface area (TPSA) is 72.0 Å². The van der Waals surface area contributed by atoms with Crippen molar-refractivity contribution >= 4 is 23.1 Å². The third-order valence-electron chi connectivity index (χ3n) is 3.51. The van der Waals surface area contributed by atoms with Gasteiger partial charge < -0.3 is 9.72 Å². The van der Waals surface area contributed by atoms with Crippen molar-refractivity contribution in [2.24, 2.45) is 0 Å². The van der Waals surface area contributed by atoms with Gasteiger partial charge in [0.15, 0.2) is 5.78 Å². The predicted octanol–water partition coefficient (Wildman–Crippen LogP) is 4.01. The molecule has 0 unspecified atom stereocenters. The molecule has 0 bridgehead atoms. The van der Waals surface area contributed by atoms with Crippen LogP contribution in [0.25, 0.3) is 10.6 Å². The molecular formula is C18H16N2O3S. The van der Waals surface area contributed by atoms with Crippen LogP contribution in [0.4, 0.5) is 0 Å². The van der Waals surface area contributed by atoms with E-state index in [1.54, 1.807) is 0 Å². The number of carbonyl (C=O) groups excluding carboxylic acids is 2. The van der Waals surface area contributed by atoms with E-state index in [1.807, 2.05) is 36.6 Å². The van der Waals surface area contributed by atoms with Gasteiger partial charge in [0, 0.05) is 22.7 Å². The van der Waals surface area contributed by atoms with Crippen molar-refractivity contribution in [1.29, 1.82) is 0 Å². The molecule has 5 nitrogen and oxygen atoms in total. The van der Waals surface area contributed by atoms with Gasteiger partial charge in [-0.25, -0.2) is 9.78 Å². The summed E-state index contributed by atoms with van der Waals surface area (Å²) in [7, 11) is 0. The van der Waals surface area contributed by atoms with E-state index in [2.05, 4.69) is 9.97 Å². The lowest BCUT2D eigenvalue weighted by molar-refractivity contribution is 0.0462. The van der Waals surface area contributed by atoms with Crippen LogP contribution in [0.1, 0.15) is 39.0 Å². The van der Waals surface area contributed by atoms with Gasteiger partial charge in [-0.3, -0.25) is 4.79 Å². The standard InChI is InChI=1S/C18H16N2O3S/c1-11-3-5-13(6-4-11)17-20-15(10-24-17)9-23-18(22)16-7-14(8-19-16)12(2)21/h3-8,10,19H,9H2,1-2H3.